The SMILES string of the molecule is CCN1CCN(c2ccc(C(=O)C=C(O)c3ccc(N)cc3)cc2)CC1. The summed E-state index contributed by atoms with van der Waals surface area (Å²) in [6, 6.07) is 14.3. The van der Waals surface area contributed by atoms with E-state index >= 15 is 0 Å². The number of nitrogen functional groups attached to an aromatic ring is 1. The Morgan fingerprint density at radius 3 is 2.15 bits per heavy atom. The molecule has 0 aliphatic carbocycles. The Morgan fingerprint density at radius 1 is 1.00 bits per heavy atom. The normalized spacial score (nSPS) is 15.9. The highest BCUT2D eigenvalue weighted by Gasteiger charge is 2.16. The molecule has 5 heteroatoms. The summed E-state index contributed by atoms with van der Waals surface area (Å²) in [6.45, 7) is 7.40. The zero-order chi connectivity index (χ0) is 18.5. The summed E-state index contributed by atoms with van der Waals surface area (Å²) >= 11 is 0. The molecule has 3 rings (SSSR count). The molecule has 1 saturated heterocycles. The molecule has 0 aromatic heterocycles. The number of carbonyl (C=O) groups excluding carboxylic acids is 1. The van der Waals surface area contributed by atoms with E-state index in [0.717, 1.165) is 38.4 Å². The standard InChI is InChI=1S/C21H25N3O2/c1-2-23-11-13-24(14-12-23)19-9-5-17(6-10-19)21(26)15-20(25)16-3-7-18(22)8-4-16/h3-10,15,25H,2,11-14,22H2,1H3. The van der Waals surface area contributed by atoms with Crippen molar-refractivity contribution in [3.05, 3.63) is 65.7 Å². The lowest BCUT2D eigenvalue weighted by atomic mass is 10.1. The largest absolute Gasteiger partial charge is 0.507 e. The van der Waals surface area contributed by atoms with Gasteiger partial charge in [0, 0.05) is 54.8 Å². The van der Waals surface area contributed by atoms with Crippen LogP contribution in [-0.2, 0) is 0 Å². The van der Waals surface area contributed by atoms with Crippen molar-refractivity contribution in [3.63, 3.8) is 0 Å². The van der Waals surface area contributed by atoms with Crippen molar-refractivity contribution < 1.29 is 9.90 Å². The number of likely N-dealkylation sites (N-methyl/N-ethyl adjacent to an activating group) is 1. The average Bonchev–Trinajstić information content (AvgIpc) is 2.68. The fourth-order valence-corrected chi connectivity index (χ4v) is 3.10. The lowest BCUT2D eigenvalue weighted by Gasteiger charge is -2.35. The Hall–Kier alpha value is -2.79. The molecule has 0 saturated carbocycles. The minimum atomic E-state index is -0.221. The summed E-state index contributed by atoms with van der Waals surface area (Å²) < 4.78 is 0. The molecular formula is C21H25N3O2. The topological polar surface area (TPSA) is 69.8 Å². The molecule has 0 atom stereocenters. The predicted octanol–water partition coefficient (Wildman–Crippen LogP) is 3.19. The van der Waals surface area contributed by atoms with E-state index in [0.29, 0.717) is 16.8 Å². The molecule has 136 valence electrons. The van der Waals surface area contributed by atoms with E-state index in [1.54, 1.807) is 24.3 Å². The van der Waals surface area contributed by atoms with E-state index in [1.807, 2.05) is 24.3 Å². The highest BCUT2D eigenvalue weighted by molar-refractivity contribution is 6.07. The molecule has 0 spiro atoms. The van der Waals surface area contributed by atoms with Crippen LogP contribution in [0.3, 0.4) is 0 Å². The Kier molecular flexibility index (Phi) is 5.58. The fourth-order valence-electron chi connectivity index (χ4n) is 3.10. The number of ketones is 1. The molecule has 1 aliphatic heterocycles. The van der Waals surface area contributed by atoms with Gasteiger partial charge in [-0.05, 0) is 55.1 Å². The number of aliphatic hydroxyl groups excluding tert-OH is 1. The second-order valence-corrected chi connectivity index (χ2v) is 6.48. The lowest BCUT2D eigenvalue weighted by Crippen LogP contribution is -2.46. The molecule has 3 N–H and O–H groups in total. The van der Waals surface area contributed by atoms with Crippen molar-refractivity contribution in [3.8, 4) is 0 Å². The fraction of sp³-hybridized carbons (Fsp3) is 0.286. The maximum Gasteiger partial charge on any atom is 0.189 e. The number of hydrogen-bond acceptors (Lipinski definition) is 5. The molecule has 2 aromatic rings. The molecule has 26 heavy (non-hydrogen) atoms. The van der Waals surface area contributed by atoms with Gasteiger partial charge in [-0.2, -0.15) is 0 Å². The summed E-state index contributed by atoms with van der Waals surface area (Å²) in [5, 5.41) is 10.1. The first-order chi connectivity index (χ1) is 12.6. The summed E-state index contributed by atoms with van der Waals surface area (Å²) in [5.41, 5.74) is 8.50. The molecule has 5 nitrogen and oxygen atoms in total. The number of hydrogen-bond donors (Lipinski definition) is 2. The number of allylic oxidation sites excluding steroid dienone is 1. The van der Waals surface area contributed by atoms with E-state index in [1.165, 1.54) is 6.08 Å². The second kappa shape index (κ2) is 8.06. The molecule has 0 bridgehead atoms. The number of anilines is 2. The number of nitrogens with two attached hydrogens (primary N) is 1. The monoisotopic (exact) mass is 351 g/mol. The van der Waals surface area contributed by atoms with E-state index < -0.39 is 0 Å². The first-order valence-corrected chi connectivity index (χ1v) is 8.95. The van der Waals surface area contributed by atoms with Gasteiger partial charge in [-0.3, -0.25) is 4.79 Å². The van der Waals surface area contributed by atoms with Crippen LogP contribution in [0.25, 0.3) is 5.76 Å². The maximum absolute atomic E-state index is 12.4. The van der Waals surface area contributed by atoms with Gasteiger partial charge in [-0.1, -0.05) is 6.92 Å². The van der Waals surface area contributed by atoms with Crippen molar-refractivity contribution in [2.45, 2.75) is 6.92 Å². The van der Waals surface area contributed by atoms with Crippen LogP contribution in [0.2, 0.25) is 0 Å². The maximum atomic E-state index is 12.4. The smallest absolute Gasteiger partial charge is 0.189 e. The van der Waals surface area contributed by atoms with Gasteiger partial charge in [0.2, 0.25) is 0 Å². The number of nitrogens with zero attached hydrogens (tertiary/aromatic N) is 2. The van der Waals surface area contributed by atoms with Crippen molar-refractivity contribution in [1.82, 2.24) is 4.90 Å². The van der Waals surface area contributed by atoms with Gasteiger partial charge in [0.25, 0.3) is 0 Å². The molecule has 0 radical (unpaired) electrons. The summed E-state index contributed by atoms with van der Waals surface area (Å²) in [7, 11) is 0. The highest BCUT2D eigenvalue weighted by atomic mass is 16.3. The number of piperazine rings is 1. The van der Waals surface area contributed by atoms with Gasteiger partial charge in [0.1, 0.15) is 5.76 Å². The van der Waals surface area contributed by atoms with Crippen LogP contribution >= 0.6 is 0 Å². The molecule has 0 amide bonds. The summed E-state index contributed by atoms with van der Waals surface area (Å²) in [4.78, 5) is 17.1. The molecule has 1 aliphatic rings. The van der Waals surface area contributed by atoms with Crippen molar-refractivity contribution in [1.29, 1.82) is 0 Å². The number of aliphatic hydroxyl groups is 1. The molecular weight excluding hydrogens is 326 g/mol. The van der Waals surface area contributed by atoms with Crippen LogP contribution < -0.4 is 10.6 Å². The van der Waals surface area contributed by atoms with Gasteiger partial charge < -0.3 is 20.6 Å². The first kappa shape index (κ1) is 18.0. The Bertz CT molecular complexity index is 774. The van der Waals surface area contributed by atoms with Crippen LogP contribution in [-0.4, -0.2) is 48.5 Å². The Morgan fingerprint density at radius 2 is 1.58 bits per heavy atom. The van der Waals surface area contributed by atoms with Crippen molar-refractivity contribution in [2.24, 2.45) is 0 Å². The third kappa shape index (κ3) is 4.24. The molecule has 2 aromatic carbocycles. The molecule has 1 fully saturated rings. The highest BCUT2D eigenvalue weighted by Crippen LogP contribution is 2.19. The van der Waals surface area contributed by atoms with Crippen LogP contribution in [0.1, 0.15) is 22.8 Å². The van der Waals surface area contributed by atoms with Gasteiger partial charge in [-0.15, -0.1) is 0 Å². The lowest BCUT2D eigenvalue weighted by molar-refractivity contribution is 0.104. The van der Waals surface area contributed by atoms with Crippen LogP contribution in [0.4, 0.5) is 11.4 Å². The van der Waals surface area contributed by atoms with Crippen molar-refractivity contribution in [2.75, 3.05) is 43.4 Å². The third-order valence-electron chi connectivity index (χ3n) is 4.81. The predicted molar refractivity (Wildman–Crippen MR) is 107 cm³/mol. The summed E-state index contributed by atoms with van der Waals surface area (Å²) in [6.07, 6.45) is 1.25. The van der Waals surface area contributed by atoms with Gasteiger partial charge in [0.15, 0.2) is 5.78 Å². The number of rotatable bonds is 5. The van der Waals surface area contributed by atoms with E-state index in [-0.39, 0.29) is 11.5 Å². The Labute approximate surface area is 154 Å². The van der Waals surface area contributed by atoms with E-state index in [9.17, 15) is 9.90 Å². The van der Waals surface area contributed by atoms with Crippen molar-refractivity contribution >= 4 is 22.9 Å². The van der Waals surface area contributed by atoms with Gasteiger partial charge >= 0.3 is 0 Å². The minimum Gasteiger partial charge on any atom is -0.507 e. The second-order valence-electron chi connectivity index (χ2n) is 6.48. The zero-order valence-electron chi connectivity index (χ0n) is 15.1. The van der Waals surface area contributed by atoms with Gasteiger partial charge in [-0.25, -0.2) is 0 Å². The average molecular weight is 351 g/mol. The first-order valence-electron chi connectivity index (χ1n) is 8.95. The van der Waals surface area contributed by atoms with E-state index in [4.69, 9.17) is 5.73 Å². The zero-order valence-corrected chi connectivity index (χ0v) is 15.1. The summed E-state index contributed by atoms with van der Waals surface area (Å²) in [5.74, 6) is -0.281. The molecule has 1 heterocycles. The van der Waals surface area contributed by atoms with Crippen LogP contribution in [0, 0.1) is 0 Å². The molecule has 0 unspecified atom stereocenters. The van der Waals surface area contributed by atoms with E-state index in [2.05, 4.69) is 16.7 Å². The number of benzene rings is 2. The third-order valence-corrected chi connectivity index (χ3v) is 4.81. The van der Waals surface area contributed by atoms with Crippen LogP contribution in [0.5, 0.6) is 0 Å². The minimum absolute atomic E-state index is 0.0604. The van der Waals surface area contributed by atoms with Gasteiger partial charge in [0.05, 0.1) is 0 Å². The van der Waals surface area contributed by atoms with Crippen LogP contribution in [0.15, 0.2) is 54.6 Å². The Balaban J connectivity index is 1.67. The number of carbonyl (C=O) groups is 1. The quantitative estimate of drug-likeness (QED) is 0.375.